The Morgan fingerprint density at radius 3 is 3.00 bits per heavy atom. The first-order valence-corrected chi connectivity index (χ1v) is 8.50. The number of fused-ring (bicyclic) bond motifs is 4. The molecule has 1 N–H and O–H groups in total. The summed E-state index contributed by atoms with van der Waals surface area (Å²) in [6, 6.07) is 9.10. The summed E-state index contributed by atoms with van der Waals surface area (Å²) in [7, 11) is 0. The molecule has 126 valence electrons. The third-order valence-electron chi connectivity index (χ3n) is 5.21. The molecule has 1 aromatic heterocycles. The highest BCUT2D eigenvalue weighted by Gasteiger charge is 2.26. The molecule has 25 heavy (non-hydrogen) atoms. The summed E-state index contributed by atoms with van der Waals surface area (Å²) in [5, 5.41) is 3.68. The van der Waals surface area contributed by atoms with Crippen LogP contribution in [0.3, 0.4) is 0 Å². The smallest absolute Gasteiger partial charge is 0.268 e. The van der Waals surface area contributed by atoms with Gasteiger partial charge in [-0.15, -0.1) is 0 Å². The molecule has 5 heteroatoms. The van der Waals surface area contributed by atoms with E-state index in [1.807, 2.05) is 23.6 Å². The fourth-order valence-electron chi connectivity index (χ4n) is 4.07. The lowest BCUT2D eigenvalue weighted by Crippen LogP contribution is -2.35. The predicted octanol–water partition coefficient (Wildman–Crippen LogP) is 3.43. The SMILES string of the molecule is Cc1c2n(c3c(-c4ccc5c(c4)CCO5)cc(F)cc13)CCNC2=O. The highest BCUT2D eigenvalue weighted by molar-refractivity contribution is 6.06. The fourth-order valence-corrected chi connectivity index (χ4v) is 4.07. The Hall–Kier alpha value is -2.82. The van der Waals surface area contributed by atoms with Crippen LogP contribution in [0.1, 0.15) is 21.6 Å². The first kappa shape index (κ1) is 14.5. The van der Waals surface area contributed by atoms with Crippen molar-refractivity contribution in [3.05, 3.63) is 53.0 Å². The van der Waals surface area contributed by atoms with E-state index < -0.39 is 0 Å². The number of nitrogens with one attached hydrogen (secondary N) is 1. The summed E-state index contributed by atoms with van der Waals surface area (Å²) in [4.78, 5) is 12.3. The van der Waals surface area contributed by atoms with Gasteiger partial charge in [0.15, 0.2) is 0 Å². The monoisotopic (exact) mass is 336 g/mol. The summed E-state index contributed by atoms with van der Waals surface area (Å²) in [6.45, 7) is 3.86. The van der Waals surface area contributed by atoms with E-state index in [-0.39, 0.29) is 11.7 Å². The molecular formula is C20H17FN2O2. The molecule has 0 aliphatic carbocycles. The number of halogens is 1. The van der Waals surface area contributed by atoms with Crippen molar-refractivity contribution >= 4 is 16.8 Å². The van der Waals surface area contributed by atoms with Gasteiger partial charge in [0.05, 0.1) is 12.1 Å². The fraction of sp³-hybridized carbons (Fsp3) is 0.250. The number of hydrogen-bond acceptors (Lipinski definition) is 2. The maximum absolute atomic E-state index is 14.4. The zero-order valence-corrected chi connectivity index (χ0v) is 13.9. The van der Waals surface area contributed by atoms with Crippen LogP contribution in [0.2, 0.25) is 0 Å². The molecule has 1 amide bonds. The van der Waals surface area contributed by atoms with Crippen LogP contribution in [-0.2, 0) is 13.0 Å². The molecule has 2 aromatic carbocycles. The van der Waals surface area contributed by atoms with Crippen LogP contribution < -0.4 is 10.1 Å². The lowest BCUT2D eigenvalue weighted by molar-refractivity contribution is 0.0928. The van der Waals surface area contributed by atoms with E-state index in [1.165, 1.54) is 6.07 Å². The van der Waals surface area contributed by atoms with Gasteiger partial charge < -0.3 is 14.6 Å². The second kappa shape index (κ2) is 5.09. The summed E-state index contributed by atoms with van der Waals surface area (Å²) in [6.07, 6.45) is 0.870. The molecule has 5 rings (SSSR count). The minimum atomic E-state index is -0.286. The molecule has 0 radical (unpaired) electrons. The van der Waals surface area contributed by atoms with E-state index >= 15 is 0 Å². The third-order valence-corrected chi connectivity index (χ3v) is 5.21. The van der Waals surface area contributed by atoms with Gasteiger partial charge in [0.1, 0.15) is 17.3 Å². The van der Waals surface area contributed by atoms with Gasteiger partial charge in [0, 0.05) is 30.5 Å². The Balaban J connectivity index is 1.84. The first-order chi connectivity index (χ1) is 12.1. The van der Waals surface area contributed by atoms with Crippen molar-refractivity contribution in [1.82, 2.24) is 9.88 Å². The summed E-state index contributed by atoms with van der Waals surface area (Å²) in [5.41, 5.74) is 5.33. The number of aryl methyl sites for hydroxylation is 1. The van der Waals surface area contributed by atoms with Gasteiger partial charge in [0.25, 0.3) is 5.91 Å². The number of aromatic nitrogens is 1. The van der Waals surface area contributed by atoms with Crippen LogP contribution in [0.4, 0.5) is 4.39 Å². The molecule has 0 saturated carbocycles. The second-order valence-electron chi connectivity index (χ2n) is 6.65. The van der Waals surface area contributed by atoms with Gasteiger partial charge >= 0.3 is 0 Å². The van der Waals surface area contributed by atoms with Crippen molar-refractivity contribution < 1.29 is 13.9 Å². The van der Waals surface area contributed by atoms with Crippen LogP contribution >= 0.6 is 0 Å². The average molecular weight is 336 g/mol. The van der Waals surface area contributed by atoms with Gasteiger partial charge in [-0.1, -0.05) is 6.07 Å². The van der Waals surface area contributed by atoms with E-state index in [1.54, 1.807) is 6.07 Å². The quantitative estimate of drug-likeness (QED) is 0.740. The zero-order chi connectivity index (χ0) is 17.1. The van der Waals surface area contributed by atoms with Crippen molar-refractivity contribution in [1.29, 1.82) is 0 Å². The van der Waals surface area contributed by atoms with E-state index in [0.29, 0.717) is 25.4 Å². The Labute approximate surface area is 144 Å². The third kappa shape index (κ3) is 2.02. The van der Waals surface area contributed by atoms with Crippen LogP contribution in [-0.4, -0.2) is 23.6 Å². The standard InChI is InChI=1S/C20H17FN2O2/c1-11-15-9-14(21)10-16(12-2-3-17-13(8-12)4-7-25-17)19(15)23-6-5-22-20(24)18(11)23/h2-3,8-10H,4-7H2,1H3,(H,22,24). The number of rotatable bonds is 1. The molecule has 0 spiro atoms. The maximum Gasteiger partial charge on any atom is 0.268 e. The molecule has 0 fully saturated rings. The topological polar surface area (TPSA) is 43.3 Å². The summed E-state index contributed by atoms with van der Waals surface area (Å²) >= 11 is 0. The molecule has 3 heterocycles. The first-order valence-electron chi connectivity index (χ1n) is 8.50. The van der Waals surface area contributed by atoms with Crippen molar-refractivity contribution in [3.8, 4) is 16.9 Å². The van der Waals surface area contributed by atoms with Gasteiger partial charge in [-0.25, -0.2) is 4.39 Å². The highest BCUT2D eigenvalue weighted by Crippen LogP contribution is 2.38. The lowest BCUT2D eigenvalue weighted by atomic mass is 9.99. The lowest BCUT2D eigenvalue weighted by Gasteiger charge is -2.18. The second-order valence-corrected chi connectivity index (χ2v) is 6.65. The Morgan fingerprint density at radius 1 is 1.24 bits per heavy atom. The van der Waals surface area contributed by atoms with Crippen LogP contribution in [0.15, 0.2) is 30.3 Å². The van der Waals surface area contributed by atoms with Gasteiger partial charge in [-0.05, 0) is 47.9 Å². The number of carbonyl (C=O) groups excluding carboxylic acids is 1. The van der Waals surface area contributed by atoms with E-state index in [2.05, 4.69) is 11.4 Å². The van der Waals surface area contributed by atoms with E-state index in [4.69, 9.17) is 4.74 Å². The molecule has 0 atom stereocenters. The number of hydrogen-bond donors (Lipinski definition) is 1. The van der Waals surface area contributed by atoms with Crippen molar-refractivity contribution in [2.45, 2.75) is 19.9 Å². The largest absolute Gasteiger partial charge is 0.493 e. The maximum atomic E-state index is 14.4. The molecular weight excluding hydrogens is 319 g/mol. The van der Waals surface area contributed by atoms with Gasteiger partial charge in [0.2, 0.25) is 0 Å². The zero-order valence-electron chi connectivity index (χ0n) is 13.9. The number of nitrogens with zero attached hydrogens (tertiary/aromatic N) is 1. The molecule has 0 unspecified atom stereocenters. The minimum Gasteiger partial charge on any atom is -0.493 e. The van der Waals surface area contributed by atoms with Gasteiger partial charge in [-0.2, -0.15) is 0 Å². The molecule has 4 nitrogen and oxygen atoms in total. The number of ether oxygens (including phenoxy) is 1. The molecule has 0 saturated heterocycles. The summed E-state index contributed by atoms with van der Waals surface area (Å²) in [5.74, 6) is 0.531. The van der Waals surface area contributed by atoms with E-state index in [0.717, 1.165) is 45.3 Å². The normalized spacial score (nSPS) is 15.7. The molecule has 0 bridgehead atoms. The van der Waals surface area contributed by atoms with Crippen molar-refractivity contribution in [2.24, 2.45) is 0 Å². The van der Waals surface area contributed by atoms with Gasteiger partial charge in [-0.3, -0.25) is 4.79 Å². The number of carbonyl (C=O) groups is 1. The summed E-state index contributed by atoms with van der Waals surface area (Å²) < 4.78 is 22.0. The molecule has 2 aliphatic heterocycles. The Morgan fingerprint density at radius 2 is 2.12 bits per heavy atom. The Kier molecular flexibility index (Phi) is 2.95. The van der Waals surface area contributed by atoms with E-state index in [9.17, 15) is 9.18 Å². The molecule has 2 aliphatic rings. The minimum absolute atomic E-state index is 0.0892. The number of amides is 1. The van der Waals surface area contributed by atoms with Crippen molar-refractivity contribution in [3.63, 3.8) is 0 Å². The highest BCUT2D eigenvalue weighted by atomic mass is 19.1. The van der Waals surface area contributed by atoms with Crippen molar-refractivity contribution in [2.75, 3.05) is 13.2 Å². The number of benzene rings is 2. The Bertz CT molecular complexity index is 1050. The molecule has 3 aromatic rings. The average Bonchev–Trinajstić information content (AvgIpc) is 3.18. The predicted molar refractivity (Wildman–Crippen MR) is 93.6 cm³/mol. The van der Waals surface area contributed by atoms with Crippen LogP contribution in [0, 0.1) is 12.7 Å². The van der Waals surface area contributed by atoms with Crippen LogP contribution in [0.5, 0.6) is 5.75 Å². The van der Waals surface area contributed by atoms with Crippen LogP contribution in [0.25, 0.3) is 22.0 Å².